The molecule has 22 heavy (non-hydrogen) atoms. The molecule has 0 saturated carbocycles. The third-order valence-corrected chi connectivity index (χ3v) is 3.80. The molecule has 1 N–H and O–H groups in total. The summed E-state index contributed by atoms with van der Waals surface area (Å²) in [6.07, 6.45) is 1.14. The van der Waals surface area contributed by atoms with E-state index in [-0.39, 0.29) is 5.91 Å². The van der Waals surface area contributed by atoms with Crippen LogP contribution in [-0.2, 0) is 11.2 Å². The fourth-order valence-corrected chi connectivity index (χ4v) is 2.74. The van der Waals surface area contributed by atoms with Gasteiger partial charge in [0.15, 0.2) is 11.5 Å². The van der Waals surface area contributed by atoms with Crippen molar-refractivity contribution in [1.82, 2.24) is 4.98 Å². The third kappa shape index (κ3) is 3.54. The van der Waals surface area contributed by atoms with Crippen molar-refractivity contribution in [2.75, 3.05) is 5.32 Å². The minimum Gasteiger partial charge on any atom is -0.441 e. The normalized spacial score (nSPS) is 10.8. The van der Waals surface area contributed by atoms with E-state index in [0.717, 1.165) is 26.8 Å². The van der Waals surface area contributed by atoms with Gasteiger partial charge in [-0.25, -0.2) is 4.98 Å². The SMILES string of the molecule is Cc1nc2cc(NC(=O)CCc3cccc(Br)c3)ccc2o1. The van der Waals surface area contributed by atoms with Crippen LogP contribution < -0.4 is 5.32 Å². The molecule has 0 saturated heterocycles. The second-order valence-corrected chi connectivity index (χ2v) is 6.01. The molecule has 0 aliphatic rings. The monoisotopic (exact) mass is 358 g/mol. The van der Waals surface area contributed by atoms with E-state index in [0.29, 0.717) is 18.7 Å². The summed E-state index contributed by atoms with van der Waals surface area (Å²) in [6.45, 7) is 1.80. The summed E-state index contributed by atoms with van der Waals surface area (Å²) in [4.78, 5) is 16.3. The van der Waals surface area contributed by atoms with Crippen molar-refractivity contribution in [2.45, 2.75) is 19.8 Å². The molecule has 0 unspecified atom stereocenters. The molecule has 0 spiro atoms. The van der Waals surface area contributed by atoms with Crippen molar-refractivity contribution in [2.24, 2.45) is 0 Å². The first-order chi connectivity index (χ1) is 10.6. The Balaban J connectivity index is 1.62. The molecule has 0 aliphatic heterocycles. The summed E-state index contributed by atoms with van der Waals surface area (Å²) in [7, 11) is 0. The Morgan fingerprint density at radius 3 is 2.95 bits per heavy atom. The fourth-order valence-electron chi connectivity index (χ4n) is 2.29. The zero-order chi connectivity index (χ0) is 15.5. The van der Waals surface area contributed by atoms with Gasteiger partial charge < -0.3 is 9.73 Å². The average Bonchev–Trinajstić information content (AvgIpc) is 2.84. The molecule has 0 fully saturated rings. The van der Waals surface area contributed by atoms with Crippen molar-refractivity contribution < 1.29 is 9.21 Å². The number of rotatable bonds is 4. The van der Waals surface area contributed by atoms with E-state index >= 15 is 0 Å². The van der Waals surface area contributed by atoms with Gasteiger partial charge in [0.25, 0.3) is 0 Å². The van der Waals surface area contributed by atoms with Crippen LogP contribution in [0.25, 0.3) is 11.1 Å². The molecular weight excluding hydrogens is 344 g/mol. The van der Waals surface area contributed by atoms with E-state index in [1.54, 1.807) is 6.92 Å². The topological polar surface area (TPSA) is 55.1 Å². The number of anilines is 1. The van der Waals surface area contributed by atoms with Gasteiger partial charge >= 0.3 is 0 Å². The molecule has 112 valence electrons. The van der Waals surface area contributed by atoms with Crippen molar-refractivity contribution in [3.05, 3.63) is 58.4 Å². The predicted molar refractivity (Wildman–Crippen MR) is 89.8 cm³/mol. The van der Waals surface area contributed by atoms with E-state index in [4.69, 9.17) is 4.42 Å². The highest BCUT2D eigenvalue weighted by Crippen LogP contribution is 2.20. The largest absolute Gasteiger partial charge is 0.441 e. The number of amides is 1. The van der Waals surface area contributed by atoms with Gasteiger partial charge in [-0.3, -0.25) is 4.79 Å². The van der Waals surface area contributed by atoms with Gasteiger partial charge in [-0.2, -0.15) is 0 Å². The number of carbonyl (C=O) groups is 1. The predicted octanol–water partition coefficient (Wildman–Crippen LogP) is 4.47. The Labute approximate surface area is 136 Å². The van der Waals surface area contributed by atoms with Crippen LogP contribution in [0.15, 0.2) is 51.4 Å². The van der Waals surface area contributed by atoms with Crippen molar-refractivity contribution in [3.63, 3.8) is 0 Å². The second kappa shape index (κ2) is 6.32. The summed E-state index contributed by atoms with van der Waals surface area (Å²) in [6, 6.07) is 13.4. The van der Waals surface area contributed by atoms with Crippen LogP contribution in [0.2, 0.25) is 0 Å². The molecule has 4 nitrogen and oxygen atoms in total. The maximum atomic E-state index is 12.0. The standard InChI is InChI=1S/C17H15BrN2O2/c1-11-19-15-10-14(6-7-16(15)22-11)20-17(21)8-5-12-3-2-4-13(18)9-12/h2-4,6-7,9-10H,5,8H2,1H3,(H,20,21). The molecular formula is C17H15BrN2O2. The van der Waals surface area contributed by atoms with Crippen LogP contribution in [0, 0.1) is 6.92 Å². The lowest BCUT2D eigenvalue weighted by atomic mass is 10.1. The van der Waals surface area contributed by atoms with Crippen LogP contribution in [0.3, 0.4) is 0 Å². The Kier molecular flexibility index (Phi) is 4.24. The van der Waals surface area contributed by atoms with E-state index in [1.165, 1.54) is 0 Å². The number of aromatic nitrogens is 1. The van der Waals surface area contributed by atoms with Crippen LogP contribution >= 0.6 is 15.9 Å². The molecule has 3 rings (SSSR count). The molecule has 3 aromatic rings. The summed E-state index contributed by atoms with van der Waals surface area (Å²) in [5.74, 6) is 0.604. The molecule has 0 aliphatic carbocycles. The number of nitrogens with one attached hydrogen (secondary N) is 1. The van der Waals surface area contributed by atoms with Crippen LogP contribution in [0.4, 0.5) is 5.69 Å². The fraction of sp³-hybridized carbons (Fsp3) is 0.176. The number of halogens is 1. The minimum absolute atomic E-state index is 0.0143. The summed E-state index contributed by atoms with van der Waals surface area (Å²) < 4.78 is 6.44. The maximum Gasteiger partial charge on any atom is 0.224 e. The van der Waals surface area contributed by atoms with Gasteiger partial charge in [0.05, 0.1) is 0 Å². The first-order valence-corrected chi connectivity index (χ1v) is 7.81. The van der Waals surface area contributed by atoms with Crippen molar-refractivity contribution in [1.29, 1.82) is 0 Å². The number of oxazole rings is 1. The van der Waals surface area contributed by atoms with Crippen molar-refractivity contribution in [3.8, 4) is 0 Å². The summed E-state index contributed by atoms with van der Waals surface area (Å²) in [5.41, 5.74) is 3.35. The van der Waals surface area contributed by atoms with Gasteiger partial charge in [0.1, 0.15) is 5.52 Å². The number of nitrogens with zero attached hydrogens (tertiary/aromatic N) is 1. The zero-order valence-electron chi connectivity index (χ0n) is 12.1. The zero-order valence-corrected chi connectivity index (χ0v) is 13.7. The van der Waals surface area contributed by atoms with Crippen molar-refractivity contribution >= 4 is 38.6 Å². The molecule has 2 aromatic carbocycles. The molecule has 1 amide bonds. The first kappa shape index (κ1) is 14.8. The molecule has 1 heterocycles. The first-order valence-electron chi connectivity index (χ1n) is 7.02. The van der Waals surface area contributed by atoms with E-state index < -0.39 is 0 Å². The molecule has 0 atom stereocenters. The van der Waals surface area contributed by atoms with Gasteiger partial charge in [0.2, 0.25) is 5.91 Å². The van der Waals surface area contributed by atoms with Gasteiger partial charge in [-0.1, -0.05) is 28.1 Å². The minimum atomic E-state index is -0.0143. The van der Waals surface area contributed by atoms with Gasteiger partial charge in [-0.15, -0.1) is 0 Å². The maximum absolute atomic E-state index is 12.0. The molecule has 1 aromatic heterocycles. The molecule has 0 bridgehead atoms. The number of fused-ring (bicyclic) bond motifs is 1. The number of aryl methyl sites for hydroxylation is 2. The Bertz CT molecular complexity index is 826. The molecule has 0 radical (unpaired) electrons. The second-order valence-electron chi connectivity index (χ2n) is 5.09. The highest BCUT2D eigenvalue weighted by molar-refractivity contribution is 9.10. The quantitative estimate of drug-likeness (QED) is 0.748. The number of benzene rings is 2. The summed E-state index contributed by atoms with van der Waals surface area (Å²) in [5, 5.41) is 2.90. The Morgan fingerprint density at radius 1 is 1.27 bits per heavy atom. The van der Waals surface area contributed by atoms with Crippen LogP contribution in [0.5, 0.6) is 0 Å². The average molecular weight is 359 g/mol. The van der Waals surface area contributed by atoms with Crippen LogP contribution in [-0.4, -0.2) is 10.9 Å². The lowest BCUT2D eigenvalue weighted by Gasteiger charge is -2.05. The number of hydrogen-bond donors (Lipinski definition) is 1. The Hall–Kier alpha value is -2.14. The summed E-state index contributed by atoms with van der Waals surface area (Å²) >= 11 is 3.43. The van der Waals surface area contributed by atoms with E-state index in [2.05, 4.69) is 26.2 Å². The third-order valence-electron chi connectivity index (χ3n) is 3.31. The van der Waals surface area contributed by atoms with E-state index in [1.807, 2.05) is 42.5 Å². The molecule has 5 heteroatoms. The lowest BCUT2D eigenvalue weighted by Crippen LogP contribution is -2.12. The Morgan fingerprint density at radius 2 is 2.14 bits per heavy atom. The van der Waals surface area contributed by atoms with E-state index in [9.17, 15) is 4.79 Å². The van der Waals surface area contributed by atoms with Gasteiger partial charge in [0, 0.05) is 23.5 Å². The highest BCUT2D eigenvalue weighted by atomic mass is 79.9. The number of carbonyl (C=O) groups excluding carboxylic acids is 1. The lowest BCUT2D eigenvalue weighted by molar-refractivity contribution is -0.116. The highest BCUT2D eigenvalue weighted by Gasteiger charge is 2.07. The van der Waals surface area contributed by atoms with Gasteiger partial charge in [-0.05, 0) is 42.3 Å². The van der Waals surface area contributed by atoms with Crippen LogP contribution in [0.1, 0.15) is 17.9 Å². The number of hydrogen-bond acceptors (Lipinski definition) is 3. The smallest absolute Gasteiger partial charge is 0.224 e.